The van der Waals surface area contributed by atoms with Crippen molar-refractivity contribution in [1.82, 2.24) is 0 Å². The number of thioether (sulfide) groups is 1. The minimum atomic E-state index is 0.418. The van der Waals surface area contributed by atoms with E-state index >= 15 is 0 Å². The maximum Gasteiger partial charge on any atom is 0.130 e. The lowest BCUT2D eigenvalue weighted by Crippen LogP contribution is -2.15. The van der Waals surface area contributed by atoms with Crippen molar-refractivity contribution in [2.45, 2.75) is 30.6 Å². The molecule has 0 aromatic heterocycles. The molecule has 1 saturated carbocycles. The van der Waals surface area contributed by atoms with Gasteiger partial charge in [-0.15, -0.1) is 11.8 Å². The van der Waals surface area contributed by atoms with Crippen LogP contribution in [0, 0.1) is 5.92 Å². The van der Waals surface area contributed by atoms with Gasteiger partial charge in [-0.05, 0) is 37.1 Å². The summed E-state index contributed by atoms with van der Waals surface area (Å²) < 4.78 is 5.94. The number of hydrogen-bond acceptors (Lipinski definition) is 3. The van der Waals surface area contributed by atoms with Crippen LogP contribution < -0.4 is 10.5 Å². The molecule has 2 nitrogen and oxygen atoms in total. The van der Waals surface area contributed by atoms with Gasteiger partial charge in [-0.25, -0.2) is 0 Å². The van der Waals surface area contributed by atoms with Crippen LogP contribution in [-0.2, 0) is 0 Å². The monoisotopic (exact) mass is 281 g/mol. The minimum Gasteiger partial charge on any atom is -0.493 e. The van der Waals surface area contributed by atoms with E-state index in [1.54, 1.807) is 11.8 Å². The van der Waals surface area contributed by atoms with E-state index in [0.29, 0.717) is 10.9 Å². The highest BCUT2D eigenvalue weighted by atomic mass is 32.2. The van der Waals surface area contributed by atoms with Gasteiger partial charge in [0.2, 0.25) is 0 Å². The molecule has 2 rings (SSSR count). The van der Waals surface area contributed by atoms with Gasteiger partial charge in [0.25, 0.3) is 0 Å². The van der Waals surface area contributed by atoms with Crippen LogP contribution in [0.2, 0.25) is 0 Å². The Morgan fingerprint density at radius 2 is 2.17 bits per heavy atom. The van der Waals surface area contributed by atoms with Gasteiger partial charge >= 0.3 is 0 Å². The molecule has 0 radical (unpaired) electrons. The molecule has 2 N–H and O–H groups in total. The molecule has 1 aliphatic carbocycles. The van der Waals surface area contributed by atoms with Gasteiger partial charge in [-0.2, -0.15) is 0 Å². The number of hydrogen-bond donors (Lipinski definition) is 1. The Bertz CT molecular complexity index is 428. The van der Waals surface area contributed by atoms with Crippen LogP contribution in [-0.4, -0.2) is 17.9 Å². The molecule has 18 heavy (non-hydrogen) atoms. The van der Waals surface area contributed by atoms with Crippen molar-refractivity contribution in [3.63, 3.8) is 0 Å². The molecule has 0 aliphatic heterocycles. The smallest absolute Gasteiger partial charge is 0.130 e. The van der Waals surface area contributed by atoms with Crippen LogP contribution in [0.5, 0.6) is 5.75 Å². The van der Waals surface area contributed by atoms with Crippen molar-refractivity contribution in [3.8, 4) is 5.75 Å². The lowest BCUT2D eigenvalue weighted by molar-refractivity contribution is 0.251. The number of ether oxygens (including phenoxy) is 1. The SMILES string of the molecule is CSc1cccc(OCC2CCCC2)c1C(N)=S. The van der Waals surface area contributed by atoms with Gasteiger partial charge in [0.1, 0.15) is 10.7 Å². The quantitative estimate of drug-likeness (QED) is 0.660. The summed E-state index contributed by atoms with van der Waals surface area (Å²) in [6.07, 6.45) is 7.26. The molecule has 4 heteroatoms. The summed E-state index contributed by atoms with van der Waals surface area (Å²) in [5, 5.41) is 0. The lowest BCUT2D eigenvalue weighted by Gasteiger charge is -2.16. The standard InChI is InChI=1S/C14H19NOS2/c1-18-12-8-4-7-11(13(12)14(15)17)16-9-10-5-2-3-6-10/h4,7-8,10H,2-3,5-6,9H2,1H3,(H2,15,17). The van der Waals surface area contributed by atoms with E-state index in [4.69, 9.17) is 22.7 Å². The third kappa shape index (κ3) is 3.18. The predicted molar refractivity (Wildman–Crippen MR) is 81.6 cm³/mol. The second-order valence-electron chi connectivity index (χ2n) is 4.66. The molecule has 1 fully saturated rings. The zero-order chi connectivity index (χ0) is 13.0. The van der Waals surface area contributed by atoms with Crippen molar-refractivity contribution in [3.05, 3.63) is 23.8 Å². The van der Waals surface area contributed by atoms with Crippen LogP contribution in [0.1, 0.15) is 31.2 Å². The highest BCUT2D eigenvalue weighted by Crippen LogP contribution is 2.31. The molecular formula is C14H19NOS2. The first-order valence-electron chi connectivity index (χ1n) is 6.32. The Kier molecular flexibility index (Phi) is 4.89. The maximum absolute atomic E-state index is 5.94. The van der Waals surface area contributed by atoms with Crippen molar-refractivity contribution < 1.29 is 4.74 Å². The van der Waals surface area contributed by atoms with Crippen molar-refractivity contribution >= 4 is 29.0 Å². The van der Waals surface area contributed by atoms with E-state index in [2.05, 4.69) is 0 Å². The number of benzene rings is 1. The molecule has 0 amide bonds. The van der Waals surface area contributed by atoms with Crippen molar-refractivity contribution in [2.24, 2.45) is 11.7 Å². The minimum absolute atomic E-state index is 0.418. The molecule has 98 valence electrons. The molecule has 1 aromatic rings. The van der Waals surface area contributed by atoms with E-state index in [9.17, 15) is 0 Å². The van der Waals surface area contributed by atoms with Crippen molar-refractivity contribution in [1.29, 1.82) is 0 Å². The van der Waals surface area contributed by atoms with Gasteiger partial charge in [-0.1, -0.05) is 31.1 Å². The Morgan fingerprint density at radius 3 is 2.78 bits per heavy atom. The number of thiocarbonyl (C=S) groups is 1. The van der Waals surface area contributed by atoms with E-state index in [-0.39, 0.29) is 0 Å². The molecular weight excluding hydrogens is 262 g/mol. The topological polar surface area (TPSA) is 35.2 Å². The Morgan fingerprint density at radius 1 is 1.44 bits per heavy atom. The maximum atomic E-state index is 5.94. The zero-order valence-corrected chi connectivity index (χ0v) is 12.3. The first-order chi connectivity index (χ1) is 8.72. The van der Waals surface area contributed by atoms with Crippen LogP contribution in [0.4, 0.5) is 0 Å². The van der Waals surface area contributed by atoms with E-state index < -0.39 is 0 Å². The molecule has 0 heterocycles. The predicted octanol–water partition coefficient (Wildman–Crippen LogP) is 3.61. The second-order valence-corrected chi connectivity index (χ2v) is 5.95. The summed E-state index contributed by atoms with van der Waals surface area (Å²) in [5.41, 5.74) is 6.70. The lowest BCUT2D eigenvalue weighted by atomic mass is 10.1. The first-order valence-corrected chi connectivity index (χ1v) is 7.95. The Hall–Kier alpha value is -0.740. The third-order valence-electron chi connectivity index (χ3n) is 3.40. The van der Waals surface area contributed by atoms with Crippen LogP contribution in [0.15, 0.2) is 23.1 Å². The van der Waals surface area contributed by atoms with E-state index in [0.717, 1.165) is 22.8 Å². The fraction of sp³-hybridized carbons (Fsp3) is 0.500. The van der Waals surface area contributed by atoms with Crippen LogP contribution in [0.25, 0.3) is 0 Å². The molecule has 0 saturated heterocycles. The fourth-order valence-corrected chi connectivity index (χ4v) is 3.33. The normalized spacial score (nSPS) is 15.8. The van der Waals surface area contributed by atoms with Gasteiger partial charge < -0.3 is 10.5 Å². The summed E-state index contributed by atoms with van der Waals surface area (Å²) >= 11 is 6.79. The largest absolute Gasteiger partial charge is 0.493 e. The first kappa shape index (κ1) is 13.7. The highest BCUT2D eigenvalue weighted by molar-refractivity contribution is 7.98. The second kappa shape index (κ2) is 6.43. The van der Waals surface area contributed by atoms with Gasteiger partial charge in [0, 0.05) is 4.90 Å². The Balaban J connectivity index is 2.13. The highest BCUT2D eigenvalue weighted by Gasteiger charge is 2.17. The summed E-state index contributed by atoms with van der Waals surface area (Å²) in [6.45, 7) is 0.785. The molecule has 0 atom stereocenters. The zero-order valence-electron chi connectivity index (χ0n) is 10.6. The molecule has 1 aliphatic rings. The fourth-order valence-electron chi connectivity index (χ4n) is 2.43. The molecule has 1 aromatic carbocycles. The molecule has 0 unspecified atom stereocenters. The summed E-state index contributed by atoms with van der Waals surface area (Å²) in [5.74, 6) is 1.53. The molecule has 0 bridgehead atoms. The number of nitrogens with two attached hydrogens (primary N) is 1. The van der Waals surface area contributed by atoms with Crippen LogP contribution >= 0.6 is 24.0 Å². The van der Waals surface area contributed by atoms with Crippen LogP contribution in [0.3, 0.4) is 0 Å². The summed E-state index contributed by atoms with van der Waals surface area (Å²) in [6, 6.07) is 5.99. The summed E-state index contributed by atoms with van der Waals surface area (Å²) in [7, 11) is 0. The van der Waals surface area contributed by atoms with Gasteiger partial charge in [0.05, 0.1) is 12.2 Å². The van der Waals surface area contributed by atoms with Gasteiger partial charge in [-0.3, -0.25) is 0 Å². The van der Waals surface area contributed by atoms with E-state index in [1.165, 1.54) is 25.7 Å². The van der Waals surface area contributed by atoms with Gasteiger partial charge in [0.15, 0.2) is 0 Å². The number of rotatable bonds is 5. The van der Waals surface area contributed by atoms with E-state index in [1.807, 2.05) is 24.5 Å². The average molecular weight is 281 g/mol. The summed E-state index contributed by atoms with van der Waals surface area (Å²) in [4.78, 5) is 1.51. The Labute approximate surface area is 118 Å². The van der Waals surface area contributed by atoms with Crippen molar-refractivity contribution in [2.75, 3.05) is 12.9 Å². The average Bonchev–Trinajstić information content (AvgIpc) is 2.88. The third-order valence-corrected chi connectivity index (χ3v) is 4.39. The molecule has 0 spiro atoms.